The van der Waals surface area contributed by atoms with Gasteiger partial charge in [-0.3, -0.25) is 4.79 Å². The molecule has 0 aliphatic rings. The van der Waals surface area contributed by atoms with Gasteiger partial charge in [0.2, 0.25) is 0 Å². The molecule has 0 aliphatic heterocycles. The minimum absolute atomic E-state index is 0.0478. The van der Waals surface area contributed by atoms with Crippen molar-refractivity contribution in [3.8, 4) is 0 Å². The summed E-state index contributed by atoms with van der Waals surface area (Å²) in [5.41, 5.74) is 0. The Balaban J connectivity index is 4.40. The Bertz CT molecular complexity index is 269. The Hall–Kier alpha value is -1.26. The van der Waals surface area contributed by atoms with Gasteiger partial charge in [0, 0.05) is 18.6 Å². The molecule has 0 radical (unpaired) electrons. The van der Waals surface area contributed by atoms with Crippen LogP contribution in [-0.2, 0) is 4.79 Å². The number of rotatable bonds is 8. The molecule has 0 aromatic rings. The standard InChI is InChI=1S/C13H26N2O3/c1-5-7-8-15(11(4)6-2)13(18)14-10(3)9-12(16)17/h10-11H,5-9H2,1-4H3,(H,14,18)(H,16,17). The van der Waals surface area contributed by atoms with Crippen LogP contribution in [0, 0.1) is 0 Å². The van der Waals surface area contributed by atoms with Crippen LogP contribution in [0.5, 0.6) is 0 Å². The summed E-state index contributed by atoms with van der Waals surface area (Å²) in [6, 6.07) is -0.330. The van der Waals surface area contributed by atoms with E-state index in [1.165, 1.54) is 0 Å². The van der Waals surface area contributed by atoms with Gasteiger partial charge in [-0.2, -0.15) is 0 Å². The van der Waals surface area contributed by atoms with E-state index in [9.17, 15) is 9.59 Å². The van der Waals surface area contributed by atoms with Crippen molar-refractivity contribution in [2.75, 3.05) is 6.54 Å². The SMILES string of the molecule is CCCCN(C(=O)NC(C)CC(=O)O)C(C)CC. The lowest BCUT2D eigenvalue weighted by molar-refractivity contribution is -0.137. The number of amides is 2. The van der Waals surface area contributed by atoms with Gasteiger partial charge in [0.1, 0.15) is 0 Å². The van der Waals surface area contributed by atoms with Crippen LogP contribution in [0.2, 0.25) is 0 Å². The van der Waals surface area contributed by atoms with E-state index in [1.54, 1.807) is 11.8 Å². The molecule has 5 nitrogen and oxygen atoms in total. The van der Waals surface area contributed by atoms with Crippen LogP contribution in [0.1, 0.15) is 53.4 Å². The average Bonchev–Trinajstić information content (AvgIpc) is 2.27. The second-order valence-corrected chi connectivity index (χ2v) is 4.75. The molecule has 2 atom stereocenters. The van der Waals surface area contributed by atoms with Crippen molar-refractivity contribution in [3.05, 3.63) is 0 Å². The van der Waals surface area contributed by atoms with E-state index in [0.29, 0.717) is 0 Å². The fourth-order valence-electron chi connectivity index (χ4n) is 1.68. The topological polar surface area (TPSA) is 69.6 Å². The largest absolute Gasteiger partial charge is 0.481 e. The summed E-state index contributed by atoms with van der Waals surface area (Å²) < 4.78 is 0. The molecule has 0 aromatic carbocycles. The van der Waals surface area contributed by atoms with Gasteiger partial charge in [-0.25, -0.2) is 4.79 Å². The fourth-order valence-corrected chi connectivity index (χ4v) is 1.68. The van der Waals surface area contributed by atoms with Gasteiger partial charge in [0.25, 0.3) is 0 Å². The fraction of sp³-hybridized carbons (Fsp3) is 0.846. The second kappa shape index (κ2) is 8.78. The van der Waals surface area contributed by atoms with Gasteiger partial charge in [0.15, 0.2) is 0 Å². The van der Waals surface area contributed by atoms with Gasteiger partial charge >= 0.3 is 12.0 Å². The van der Waals surface area contributed by atoms with Crippen molar-refractivity contribution < 1.29 is 14.7 Å². The number of carbonyl (C=O) groups is 2. The summed E-state index contributed by atoms with van der Waals surface area (Å²) in [6.45, 7) is 8.56. The summed E-state index contributed by atoms with van der Waals surface area (Å²) in [5, 5.41) is 11.4. The zero-order valence-electron chi connectivity index (χ0n) is 11.9. The molecule has 2 amide bonds. The number of unbranched alkanes of at least 4 members (excludes halogenated alkanes) is 1. The summed E-state index contributed by atoms with van der Waals surface area (Å²) in [5.74, 6) is -0.897. The highest BCUT2D eigenvalue weighted by Crippen LogP contribution is 2.07. The van der Waals surface area contributed by atoms with Crippen LogP contribution >= 0.6 is 0 Å². The van der Waals surface area contributed by atoms with Crippen molar-refractivity contribution >= 4 is 12.0 Å². The minimum atomic E-state index is -0.897. The van der Waals surface area contributed by atoms with Crippen LogP contribution in [0.15, 0.2) is 0 Å². The molecule has 106 valence electrons. The van der Waals surface area contributed by atoms with Crippen molar-refractivity contribution in [3.63, 3.8) is 0 Å². The Morgan fingerprint density at radius 1 is 1.28 bits per heavy atom. The maximum atomic E-state index is 12.1. The van der Waals surface area contributed by atoms with Crippen LogP contribution in [-0.4, -0.2) is 40.6 Å². The van der Waals surface area contributed by atoms with E-state index >= 15 is 0 Å². The summed E-state index contributed by atoms with van der Waals surface area (Å²) in [7, 11) is 0. The van der Waals surface area contributed by atoms with Crippen LogP contribution in [0.25, 0.3) is 0 Å². The number of carboxylic acid groups (broad SMARTS) is 1. The molecule has 0 spiro atoms. The van der Waals surface area contributed by atoms with Crippen LogP contribution in [0.4, 0.5) is 4.79 Å². The third-order valence-electron chi connectivity index (χ3n) is 2.99. The molecule has 0 fully saturated rings. The highest BCUT2D eigenvalue weighted by Gasteiger charge is 2.20. The molecule has 0 aliphatic carbocycles. The predicted molar refractivity (Wildman–Crippen MR) is 71.6 cm³/mol. The van der Waals surface area contributed by atoms with E-state index in [-0.39, 0.29) is 24.5 Å². The average molecular weight is 258 g/mol. The number of carboxylic acids is 1. The van der Waals surface area contributed by atoms with Crippen molar-refractivity contribution in [2.45, 2.75) is 65.5 Å². The van der Waals surface area contributed by atoms with Crippen LogP contribution in [0.3, 0.4) is 0 Å². The molecule has 2 N–H and O–H groups in total. The number of hydrogen-bond acceptors (Lipinski definition) is 2. The molecular weight excluding hydrogens is 232 g/mol. The molecule has 0 heterocycles. The predicted octanol–water partition coefficient (Wildman–Crippen LogP) is 2.46. The van der Waals surface area contributed by atoms with E-state index in [2.05, 4.69) is 12.2 Å². The number of nitrogens with one attached hydrogen (secondary N) is 1. The summed E-state index contributed by atoms with van der Waals surface area (Å²) >= 11 is 0. The first-order valence-electron chi connectivity index (χ1n) is 6.71. The normalized spacial score (nSPS) is 13.8. The number of hydrogen-bond donors (Lipinski definition) is 2. The smallest absolute Gasteiger partial charge is 0.317 e. The maximum absolute atomic E-state index is 12.1. The molecule has 0 saturated carbocycles. The minimum Gasteiger partial charge on any atom is -0.481 e. The van der Waals surface area contributed by atoms with Crippen molar-refractivity contribution in [1.29, 1.82) is 0 Å². The van der Waals surface area contributed by atoms with Crippen LogP contribution < -0.4 is 5.32 Å². The summed E-state index contributed by atoms with van der Waals surface area (Å²) in [6.07, 6.45) is 2.84. The zero-order valence-corrected chi connectivity index (χ0v) is 11.9. The van der Waals surface area contributed by atoms with E-state index in [4.69, 9.17) is 5.11 Å². The monoisotopic (exact) mass is 258 g/mol. The molecule has 5 heteroatoms. The lowest BCUT2D eigenvalue weighted by atomic mass is 10.2. The number of carbonyl (C=O) groups excluding carboxylic acids is 1. The van der Waals surface area contributed by atoms with Crippen molar-refractivity contribution in [1.82, 2.24) is 10.2 Å². The van der Waals surface area contributed by atoms with Gasteiger partial charge in [-0.15, -0.1) is 0 Å². The first-order chi connectivity index (χ1) is 8.42. The third-order valence-corrected chi connectivity index (χ3v) is 2.99. The van der Waals surface area contributed by atoms with Gasteiger partial charge in [0.05, 0.1) is 6.42 Å². The lowest BCUT2D eigenvalue weighted by Gasteiger charge is -2.30. The third kappa shape index (κ3) is 6.47. The molecule has 18 heavy (non-hydrogen) atoms. The first kappa shape index (κ1) is 16.7. The number of nitrogens with zero attached hydrogens (tertiary/aromatic N) is 1. The lowest BCUT2D eigenvalue weighted by Crippen LogP contribution is -2.48. The first-order valence-corrected chi connectivity index (χ1v) is 6.71. The van der Waals surface area contributed by atoms with E-state index < -0.39 is 5.97 Å². The highest BCUT2D eigenvalue weighted by molar-refractivity contribution is 5.76. The Kier molecular flexibility index (Phi) is 8.16. The quantitative estimate of drug-likeness (QED) is 0.702. The Morgan fingerprint density at radius 2 is 1.89 bits per heavy atom. The maximum Gasteiger partial charge on any atom is 0.317 e. The van der Waals surface area contributed by atoms with E-state index in [1.807, 2.05) is 13.8 Å². The Morgan fingerprint density at radius 3 is 2.33 bits per heavy atom. The molecule has 0 aromatic heterocycles. The number of aliphatic carboxylic acids is 1. The number of urea groups is 1. The van der Waals surface area contributed by atoms with E-state index in [0.717, 1.165) is 25.8 Å². The Labute approximate surface area is 110 Å². The molecule has 0 saturated heterocycles. The molecule has 0 bridgehead atoms. The van der Waals surface area contributed by atoms with Gasteiger partial charge < -0.3 is 15.3 Å². The zero-order chi connectivity index (χ0) is 14.1. The summed E-state index contributed by atoms with van der Waals surface area (Å²) in [4.78, 5) is 24.4. The highest BCUT2D eigenvalue weighted by atomic mass is 16.4. The molecule has 0 rings (SSSR count). The van der Waals surface area contributed by atoms with Gasteiger partial charge in [-0.1, -0.05) is 20.3 Å². The molecule has 2 unspecified atom stereocenters. The molecular formula is C13H26N2O3. The van der Waals surface area contributed by atoms with Crippen molar-refractivity contribution in [2.24, 2.45) is 0 Å². The van der Waals surface area contributed by atoms with Gasteiger partial charge in [-0.05, 0) is 26.7 Å². The second-order valence-electron chi connectivity index (χ2n) is 4.75.